The van der Waals surface area contributed by atoms with E-state index in [-0.39, 0.29) is 0 Å². The van der Waals surface area contributed by atoms with Gasteiger partial charge in [-0.25, -0.2) is 4.79 Å². The van der Waals surface area contributed by atoms with Crippen LogP contribution in [0.3, 0.4) is 0 Å². The van der Waals surface area contributed by atoms with E-state index in [1.54, 1.807) is 36.4 Å². The van der Waals surface area contributed by atoms with Crippen LogP contribution in [0, 0.1) is 0 Å². The summed E-state index contributed by atoms with van der Waals surface area (Å²) in [5.74, 6) is 1.62. The van der Waals surface area contributed by atoms with Crippen molar-refractivity contribution in [3.63, 3.8) is 0 Å². The molecule has 6 nitrogen and oxygen atoms in total. The quantitative estimate of drug-likeness (QED) is 0.187. The van der Waals surface area contributed by atoms with E-state index in [4.69, 9.17) is 23.7 Å². The van der Waals surface area contributed by atoms with Crippen LogP contribution in [0.5, 0.6) is 17.2 Å². The first-order valence-electron chi connectivity index (χ1n) is 11.2. The summed E-state index contributed by atoms with van der Waals surface area (Å²) in [6, 6.07) is 14.2. The van der Waals surface area contributed by atoms with E-state index in [9.17, 15) is 4.79 Å². The van der Waals surface area contributed by atoms with Gasteiger partial charge in [-0.1, -0.05) is 0 Å². The fourth-order valence-corrected chi connectivity index (χ4v) is 3.25. The summed E-state index contributed by atoms with van der Waals surface area (Å²) in [6.45, 7) is 3.16. The van der Waals surface area contributed by atoms with E-state index in [1.807, 2.05) is 12.1 Å². The number of benzene rings is 2. The highest BCUT2D eigenvalue weighted by Gasteiger charge is 2.21. The molecule has 0 radical (unpaired) electrons. The average molecular weight is 427 g/mol. The number of esters is 1. The Morgan fingerprint density at radius 2 is 1.16 bits per heavy atom. The molecule has 0 amide bonds. The van der Waals surface area contributed by atoms with Crippen molar-refractivity contribution in [3.05, 3.63) is 54.1 Å². The predicted octanol–water partition coefficient (Wildman–Crippen LogP) is 4.80. The van der Waals surface area contributed by atoms with Crippen molar-refractivity contribution in [2.75, 3.05) is 26.4 Å². The van der Waals surface area contributed by atoms with Gasteiger partial charge in [-0.3, -0.25) is 0 Å². The summed E-state index contributed by atoms with van der Waals surface area (Å²) in [5, 5.41) is 0. The fourth-order valence-electron chi connectivity index (χ4n) is 3.25. The summed E-state index contributed by atoms with van der Waals surface area (Å²) in [5.41, 5.74) is 0.484. The lowest BCUT2D eigenvalue weighted by atomic mass is 10.2. The van der Waals surface area contributed by atoms with Gasteiger partial charge < -0.3 is 23.7 Å². The fraction of sp³-hybridized carbons (Fsp3) is 0.480. The van der Waals surface area contributed by atoms with Crippen LogP contribution >= 0.6 is 0 Å². The maximum atomic E-state index is 12.4. The molecule has 0 N–H and O–H groups in total. The lowest BCUT2D eigenvalue weighted by molar-refractivity contribution is 0.0734. The molecule has 31 heavy (non-hydrogen) atoms. The summed E-state index contributed by atoms with van der Waals surface area (Å²) >= 11 is 0. The Bertz CT molecular complexity index is 809. The molecule has 4 rings (SSSR count). The van der Waals surface area contributed by atoms with Crippen LogP contribution in [0.25, 0.3) is 0 Å². The maximum Gasteiger partial charge on any atom is 0.343 e. The molecule has 2 unspecified atom stereocenters. The summed E-state index contributed by atoms with van der Waals surface area (Å²) in [7, 11) is 0. The molecule has 2 aliphatic rings. The van der Waals surface area contributed by atoms with E-state index in [1.165, 1.54) is 0 Å². The molecule has 2 fully saturated rings. The first-order valence-corrected chi connectivity index (χ1v) is 11.2. The number of carbonyl (C=O) groups excluding carboxylic acids is 1. The number of ether oxygens (including phenoxy) is 5. The van der Waals surface area contributed by atoms with Crippen LogP contribution < -0.4 is 14.2 Å². The lowest BCUT2D eigenvalue weighted by Gasteiger charge is -2.09. The second kappa shape index (κ2) is 11.2. The minimum atomic E-state index is -0.396. The molecule has 0 aliphatic carbocycles. The average Bonchev–Trinajstić information content (AvgIpc) is 3.70. The Labute approximate surface area is 183 Å². The summed E-state index contributed by atoms with van der Waals surface area (Å²) < 4.78 is 27.3. The second-order valence-corrected chi connectivity index (χ2v) is 7.98. The number of unbranched alkanes of at least 4 members (excludes halogenated alkanes) is 2. The first kappa shape index (κ1) is 21.7. The Morgan fingerprint density at radius 3 is 1.65 bits per heavy atom. The van der Waals surface area contributed by atoms with Gasteiger partial charge in [0.2, 0.25) is 0 Å². The smallest absolute Gasteiger partial charge is 0.343 e. The minimum absolute atomic E-state index is 0.396. The first-order chi connectivity index (χ1) is 15.3. The van der Waals surface area contributed by atoms with Crippen molar-refractivity contribution in [1.82, 2.24) is 0 Å². The second-order valence-electron chi connectivity index (χ2n) is 7.98. The van der Waals surface area contributed by atoms with E-state index in [2.05, 4.69) is 0 Å². The largest absolute Gasteiger partial charge is 0.494 e. The third-order valence-corrected chi connectivity index (χ3v) is 5.31. The van der Waals surface area contributed by atoms with Crippen molar-refractivity contribution in [3.8, 4) is 17.2 Å². The number of hydrogen-bond acceptors (Lipinski definition) is 6. The molecule has 2 atom stereocenters. The van der Waals surface area contributed by atoms with Gasteiger partial charge in [-0.05, 0) is 87.1 Å². The molecular formula is C25H30O6. The molecule has 6 heteroatoms. The minimum Gasteiger partial charge on any atom is -0.494 e. The SMILES string of the molecule is O=C(Oc1ccc(OCCCCC2CO2)cc1)c1ccc(OCCCCC2CO2)cc1. The van der Waals surface area contributed by atoms with Gasteiger partial charge in [0.25, 0.3) is 0 Å². The van der Waals surface area contributed by atoms with Crippen molar-refractivity contribution in [2.45, 2.75) is 50.7 Å². The molecule has 2 aromatic rings. The number of carbonyl (C=O) groups is 1. The van der Waals surface area contributed by atoms with E-state index in [0.717, 1.165) is 63.2 Å². The normalized spacial score (nSPS) is 19.0. The van der Waals surface area contributed by atoms with E-state index >= 15 is 0 Å². The molecular weight excluding hydrogens is 396 g/mol. The Balaban J connectivity index is 1.14. The van der Waals surface area contributed by atoms with Gasteiger partial charge in [-0.2, -0.15) is 0 Å². The summed E-state index contributed by atoms with van der Waals surface area (Å²) in [4.78, 5) is 12.4. The van der Waals surface area contributed by atoms with E-state index < -0.39 is 5.97 Å². The third kappa shape index (κ3) is 7.89. The monoisotopic (exact) mass is 426 g/mol. The molecule has 2 aliphatic heterocycles. The van der Waals surface area contributed by atoms with Crippen LogP contribution in [-0.2, 0) is 9.47 Å². The van der Waals surface area contributed by atoms with Crippen LogP contribution in [0.2, 0.25) is 0 Å². The summed E-state index contributed by atoms with van der Waals surface area (Å²) in [6.07, 6.45) is 7.40. The van der Waals surface area contributed by atoms with Gasteiger partial charge in [0, 0.05) is 0 Å². The predicted molar refractivity (Wildman–Crippen MR) is 116 cm³/mol. The Hall–Kier alpha value is -2.57. The maximum absolute atomic E-state index is 12.4. The zero-order valence-electron chi connectivity index (χ0n) is 17.8. The van der Waals surface area contributed by atoms with Crippen LogP contribution in [-0.4, -0.2) is 44.6 Å². The molecule has 0 bridgehead atoms. The van der Waals surface area contributed by atoms with Crippen molar-refractivity contribution in [2.24, 2.45) is 0 Å². The third-order valence-electron chi connectivity index (χ3n) is 5.31. The molecule has 2 saturated heterocycles. The van der Waals surface area contributed by atoms with Gasteiger partial charge in [-0.15, -0.1) is 0 Å². The number of hydrogen-bond donors (Lipinski definition) is 0. The number of rotatable bonds is 14. The zero-order valence-corrected chi connectivity index (χ0v) is 17.8. The zero-order chi connectivity index (χ0) is 21.3. The molecule has 2 aromatic carbocycles. The standard InChI is InChI=1S/C25H30O6/c26-25(19-7-9-20(10-8-19)27-15-3-1-5-23-17-29-23)31-22-13-11-21(12-14-22)28-16-4-2-6-24-18-30-24/h7-14,23-24H,1-6,15-18H2. The lowest BCUT2D eigenvalue weighted by Crippen LogP contribution is -2.08. The highest BCUT2D eigenvalue weighted by atomic mass is 16.6. The highest BCUT2D eigenvalue weighted by Crippen LogP contribution is 2.21. The van der Waals surface area contributed by atoms with Crippen LogP contribution in [0.4, 0.5) is 0 Å². The van der Waals surface area contributed by atoms with Crippen LogP contribution in [0.1, 0.15) is 48.9 Å². The molecule has 0 spiro atoms. The Morgan fingerprint density at radius 1 is 0.710 bits per heavy atom. The molecule has 166 valence electrons. The van der Waals surface area contributed by atoms with Crippen molar-refractivity contribution >= 4 is 5.97 Å². The van der Waals surface area contributed by atoms with Gasteiger partial charge >= 0.3 is 5.97 Å². The molecule has 0 saturated carbocycles. The van der Waals surface area contributed by atoms with Crippen molar-refractivity contribution in [1.29, 1.82) is 0 Å². The van der Waals surface area contributed by atoms with Gasteiger partial charge in [0.05, 0.1) is 44.2 Å². The van der Waals surface area contributed by atoms with Crippen molar-refractivity contribution < 1.29 is 28.5 Å². The van der Waals surface area contributed by atoms with Gasteiger partial charge in [0.1, 0.15) is 17.2 Å². The number of epoxide rings is 2. The van der Waals surface area contributed by atoms with Crippen LogP contribution in [0.15, 0.2) is 48.5 Å². The highest BCUT2D eigenvalue weighted by molar-refractivity contribution is 5.91. The molecule has 2 heterocycles. The molecule has 0 aromatic heterocycles. The topological polar surface area (TPSA) is 69.8 Å². The Kier molecular flexibility index (Phi) is 7.80. The van der Waals surface area contributed by atoms with Gasteiger partial charge in [0.15, 0.2) is 0 Å². The van der Waals surface area contributed by atoms with E-state index in [0.29, 0.717) is 36.7 Å².